The van der Waals surface area contributed by atoms with Crippen LogP contribution in [0.15, 0.2) is 52.2 Å². The third-order valence-electron chi connectivity index (χ3n) is 3.20. The molecule has 0 N–H and O–H groups in total. The molecular formula is C15H16N2O. The van der Waals surface area contributed by atoms with E-state index in [-0.39, 0.29) is 6.04 Å². The minimum atomic E-state index is 0.182. The molecule has 2 aromatic rings. The molecule has 3 nitrogen and oxygen atoms in total. The first-order valence-electron chi connectivity index (χ1n) is 6.17. The van der Waals surface area contributed by atoms with Gasteiger partial charge in [-0.3, -0.25) is 5.01 Å². The Morgan fingerprint density at radius 3 is 2.83 bits per heavy atom. The Balaban J connectivity index is 1.98. The number of furan rings is 1. The van der Waals surface area contributed by atoms with Crippen molar-refractivity contribution in [1.29, 1.82) is 0 Å². The maximum Gasteiger partial charge on any atom is 0.128 e. The molecule has 1 unspecified atom stereocenters. The van der Waals surface area contributed by atoms with Gasteiger partial charge in [0.2, 0.25) is 0 Å². The van der Waals surface area contributed by atoms with Gasteiger partial charge in [0.15, 0.2) is 0 Å². The van der Waals surface area contributed by atoms with Gasteiger partial charge in [-0.1, -0.05) is 12.1 Å². The highest BCUT2D eigenvalue weighted by molar-refractivity contribution is 5.86. The number of hydrazone groups is 1. The second-order valence-corrected chi connectivity index (χ2v) is 4.75. The molecule has 0 radical (unpaired) electrons. The van der Waals surface area contributed by atoms with Crippen LogP contribution in [0.1, 0.15) is 30.7 Å². The fourth-order valence-electron chi connectivity index (χ4n) is 2.37. The molecule has 2 heterocycles. The molecule has 0 spiro atoms. The quantitative estimate of drug-likeness (QED) is 0.796. The number of anilines is 1. The maximum atomic E-state index is 5.53. The molecule has 1 aliphatic rings. The van der Waals surface area contributed by atoms with Crippen LogP contribution in [-0.4, -0.2) is 5.71 Å². The summed E-state index contributed by atoms with van der Waals surface area (Å²) in [4.78, 5) is 0. The minimum Gasteiger partial charge on any atom is -0.467 e. The Morgan fingerprint density at radius 1 is 1.22 bits per heavy atom. The van der Waals surface area contributed by atoms with Crippen molar-refractivity contribution in [2.45, 2.75) is 26.3 Å². The molecule has 0 saturated carbocycles. The zero-order valence-corrected chi connectivity index (χ0v) is 10.6. The van der Waals surface area contributed by atoms with E-state index in [2.05, 4.69) is 48.2 Å². The van der Waals surface area contributed by atoms with Gasteiger partial charge in [0.05, 0.1) is 12.0 Å². The highest BCUT2D eigenvalue weighted by Gasteiger charge is 2.29. The summed E-state index contributed by atoms with van der Waals surface area (Å²) in [5.74, 6) is 0.970. The maximum absolute atomic E-state index is 5.53. The first kappa shape index (κ1) is 11.1. The van der Waals surface area contributed by atoms with Gasteiger partial charge in [0, 0.05) is 12.1 Å². The highest BCUT2D eigenvalue weighted by Crippen LogP contribution is 2.35. The van der Waals surface area contributed by atoms with Crippen LogP contribution in [0.4, 0.5) is 5.69 Å². The SMILES string of the molecule is CC1=NN(c2cccc(C)c2)C(c2ccco2)C1. The van der Waals surface area contributed by atoms with Crippen LogP contribution in [0.25, 0.3) is 0 Å². The van der Waals surface area contributed by atoms with Crippen molar-refractivity contribution in [3.05, 3.63) is 54.0 Å². The lowest BCUT2D eigenvalue weighted by atomic mass is 10.1. The lowest BCUT2D eigenvalue weighted by Gasteiger charge is -2.22. The predicted octanol–water partition coefficient (Wildman–Crippen LogP) is 3.92. The first-order valence-corrected chi connectivity index (χ1v) is 6.17. The van der Waals surface area contributed by atoms with Crippen LogP contribution in [0.2, 0.25) is 0 Å². The number of benzene rings is 1. The number of aryl methyl sites for hydroxylation is 1. The van der Waals surface area contributed by atoms with Crippen LogP contribution in [0.3, 0.4) is 0 Å². The van der Waals surface area contributed by atoms with Gasteiger partial charge in [-0.25, -0.2) is 0 Å². The van der Waals surface area contributed by atoms with Crippen molar-refractivity contribution >= 4 is 11.4 Å². The Kier molecular flexibility index (Phi) is 2.67. The van der Waals surface area contributed by atoms with Crippen molar-refractivity contribution < 1.29 is 4.42 Å². The smallest absolute Gasteiger partial charge is 0.128 e. The molecule has 1 aromatic carbocycles. The summed E-state index contributed by atoms with van der Waals surface area (Å²) in [6.07, 6.45) is 2.64. The van der Waals surface area contributed by atoms with E-state index in [1.807, 2.05) is 12.1 Å². The molecule has 0 aliphatic carbocycles. The van der Waals surface area contributed by atoms with Gasteiger partial charge in [-0.2, -0.15) is 5.10 Å². The Bertz CT molecular complexity index is 572. The minimum absolute atomic E-state index is 0.182. The Morgan fingerprint density at radius 2 is 2.11 bits per heavy atom. The van der Waals surface area contributed by atoms with Gasteiger partial charge < -0.3 is 4.42 Å². The van der Waals surface area contributed by atoms with E-state index in [0.717, 1.165) is 23.6 Å². The van der Waals surface area contributed by atoms with Gasteiger partial charge in [-0.05, 0) is 43.7 Å². The summed E-state index contributed by atoms with van der Waals surface area (Å²) >= 11 is 0. The van der Waals surface area contributed by atoms with E-state index >= 15 is 0 Å². The van der Waals surface area contributed by atoms with E-state index in [1.165, 1.54) is 5.56 Å². The third-order valence-corrected chi connectivity index (χ3v) is 3.20. The fourth-order valence-corrected chi connectivity index (χ4v) is 2.37. The van der Waals surface area contributed by atoms with Crippen molar-refractivity contribution in [2.24, 2.45) is 5.10 Å². The van der Waals surface area contributed by atoms with Gasteiger partial charge in [-0.15, -0.1) is 0 Å². The van der Waals surface area contributed by atoms with E-state index < -0.39 is 0 Å². The number of nitrogens with zero attached hydrogens (tertiary/aromatic N) is 2. The summed E-state index contributed by atoms with van der Waals surface area (Å²) in [7, 11) is 0. The molecular weight excluding hydrogens is 224 g/mol. The average molecular weight is 240 g/mol. The zero-order valence-electron chi connectivity index (χ0n) is 10.6. The molecule has 3 rings (SSSR count). The molecule has 3 heteroatoms. The van der Waals surface area contributed by atoms with Gasteiger partial charge >= 0.3 is 0 Å². The monoisotopic (exact) mass is 240 g/mol. The van der Waals surface area contributed by atoms with Crippen molar-refractivity contribution in [1.82, 2.24) is 0 Å². The van der Waals surface area contributed by atoms with Crippen LogP contribution in [-0.2, 0) is 0 Å². The number of hydrogen-bond acceptors (Lipinski definition) is 3. The predicted molar refractivity (Wildman–Crippen MR) is 72.8 cm³/mol. The molecule has 1 aromatic heterocycles. The Hall–Kier alpha value is -2.03. The van der Waals surface area contributed by atoms with Crippen molar-refractivity contribution in [2.75, 3.05) is 5.01 Å². The molecule has 0 amide bonds. The summed E-state index contributed by atoms with van der Waals surface area (Å²) < 4.78 is 5.53. The standard InChI is InChI=1S/C15H16N2O/c1-11-5-3-6-13(9-11)17-14(10-12(2)16-17)15-7-4-8-18-15/h3-9,14H,10H2,1-2H3. The van der Waals surface area contributed by atoms with Crippen molar-refractivity contribution in [3.8, 4) is 0 Å². The Labute approximate surface area is 107 Å². The van der Waals surface area contributed by atoms with Gasteiger partial charge in [0.25, 0.3) is 0 Å². The molecule has 0 bridgehead atoms. The fraction of sp³-hybridized carbons (Fsp3) is 0.267. The second kappa shape index (κ2) is 4.33. The lowest BCUT2D eigenvalue weighted by molar-refractivity contribution is 0.465. The number of rotatable bonds is 2. The normalized spacial score (nSPS) is 19.1. The summed E-state index contributed by atoms with van der Waals surface area (Å²) in [6.45, 7) is 4.16. The largest absolute Gasteiger partial charge is 0.467 e. The van der Waals surface area contributed by atoms with E-state index in [9.17, 15) is 0 Å². The molecule has 0 saturated heterocycles. The van der Waals surface area contributed by atoms with Crippen LogP contribution in [0, 0.1) is 6.92 Å². The zero-order chi connectivity index (χ0) is 12.5. The third kappa shape index (κ3) is 1.92. The van der Waals surface area contributed by atoms with Gasteiger partial charge in [0.1, 0.15) is 11.8 Å². The van der Waals surface area contributed by atoms with E-state index in [0.29, 0.717) is 0 Å². The average Bonchev–Trinajstić information content (AvgIpc) is 2.97. The van der Waals surface area contributed by atoms with Crippen LogP contribution < -0.4 is 5.01 Å². The first-order chi connectivity index (χ1) is 8.74. The summed E-state index contributed by atoms with van der Waals surface area (Å²) in [5, 5.41) is 6.68. The van der Waals surface area contributed by atoms with E-state index in [1.54, 1.807) is 6.26 Å². The van der Waals surface area contributed by atoms with Crippen LogP contribution in [0.5, 0.6) is 0 Å². The topological polar surface area (TPSA) is 28.7 Å². The summed E-state index contributed by atoms with van der Waals surface area (Å²) in [5.41, 5.74) is 3.50. The highest BCUT2D eigenvalue weighted by atomic mass is 16.3. The second-order valence-electron chi connectivity index (χ2n) is 4.75. The summed E-state index contributed by atoms with van der Waals surface area (Å²) in [6, 6.07) is 12.5. The van der Waals surface area contributed by atoms with Crippen molar-refractivity contribution in [3.63, 3.8) is 0 Å². The molecule has 1 atom stereocenters. The van der Waals surface area contributed by atoms with E-state index in [4.69, 9.17) is 4.42 Å². The molecule has 92 valence electrons. The molecule has 0 fully saturated rings. The van der Waals surface area contributed by atoms with Crippen LogP contribution >= 0.6 is 0 Å². The number of hydrogen-bond donors (Lipinski definition) is 0. The molecule has 1 aliphatic heterocycles. The molecule has 18 heavy (non-hydrogen) atoms. The lowest BCUT2D eigenvalue weighted by Crippen LogP contribution is -2.18.